The van der Waals surface area contributed by atoms with Crippen molar-refractivity contribution in [2.24, 2.45) is 0 Å². The molecule has 6 rings (SSSR count). The minimum absolute atomic E-state index is 0.990. The van der Waals surface area contributed by atoms with Gasteiger partial charge in [-0.1, -0.05) is 72.8 Å². The zero-order valence-electron chi connectivity index (χ0n) is 15.1. The van der Waals surface area contributed by atoms with Crippen molar-refractivity contribution >= 4 is 43.4 Å². The number of fused-ring (bicyclic) bond motifs is 6. The molecule has 6 aromatic rings. The highest BCUT2D eigenvalue weighted by molar-refractivity contribution is 6.11. The summed E-state index contributed by atoms with van der Waals surface area (Å²) in [6.45, 7) is 0. The molecule has 0 atom stereocenters. The maximum absolute atomic E-state index is 5.01. The Balaban J connectivity index is 1.63. The number of aromatic nitrogens is 2. The van der Waals surface area contributed by atoms with Gasteiger partial charge in [0.05, 0.1) is 16.7 Å². The average Bonchev–Trinajstić information content (AvgIpc) is 2.78. The zero-order chi connectivity index (χ0) is 18.5. The third-order valence-electron chi connectivity index (χ3n) is 5.50. The third-order valence-corrected chi connectivity index (χ3v) is 5.50. The van der Waals surface area contributed by atoms with Crippen LogP contribution >= 0.6 is 0 Å². The van der Waals surface area contributed by atoms with Crippen LogP contribution in [0.25, 0.3) is 54.6 Å². The number of rotatable bonds is 1. The van der Waals surface area contributed by atoms with E-state index < -0.39 is 0 Å². The summed E-state index contributed by atoms with van der Waals surface area (Å²) in [7, 11) is 0. The van der Waals surface area contributed by atoms with Crippen molar-refractivity contribution in [3.8, 4) is 11.3 Å². The SMILES string of the molecule is c1ccc2c(c1)ccc1nc(-c3cccc4c3ccc3cccnc34)ccc12. The van der Waals surface area contributed by atoms with Crippen molar-refractivity contribution in [1.82, 2.24) is 9.97 Å². The molecule has 0 saturated heterocycles. The monoisotopic (exact) mass is 356 g/mol. The molecule has 2 heterocycles. The Kier molecular flexibility index (Phi) is 3.20. The Labute approximate surface area is 162 Å². The van der Waals surface area contributed by atoms with Gasteiger partial charge in [0.2, 0.25) is 0 Å². The average molecular weight is 356 g/mol. The lowest BCUT2D eigenvalue weighted by atomic mass is 9.98. The lowest BCUT2D eigenvalue weighted by Crippen LogP contribution is -1.89. The molecule has 130 valence electrons. The number of hydrogen-bond acceptors (Lipinski definition) is 2. The lowest BCUT2D eigenvalue weighted by molar-refractivity contribution is 1.41. The van der Waals surface area contributed by atoms with E-state index in [1.165, 1.54) is 21.5 Å². The van der Waals surface area contributed by atoms with E-state index in [-0.39, 0.29) is 0 Å². The van der Waals surface area contributed by atoms with E-state index in [2.05, 4.69) is 89.9 Å². The Hall–Kier alpha value is -3.78. The largest absolute Gasteiger partial charge is 0.256 e. The Morgan fingerprint density at radius 3 is 2.32 bits per heavy atom. The van der Waals surface area contributed by atoms with E-state index >= 15 is 0 Å². The molecule has 2 nitrogen and oxygen atoms in total. The van der Waals surface area contributed by atoms with Crippen LogP contribution in [0.1, 0.15) is 0 Å². The van der Waals surface area contributed by atoms with Crippen LogP contribution in [0.5, 0.6) is 0 Å². The van der Waals surface area contributed by atoms with E-state index in [0.717, 1.165) is 33.1 Å². The second kappa shape index (κ2) is 5.86. The predicted octanol–water partition coefficient (Wildman–Crippen LogP) is 6.76. The molecule has 0 aliphatic heterocycles. The Bertz CT molecular complexity index is 1520. The van der Waals surface area contributed by atoms with Crippen LogP contribution in [0.3, 0.4) is 0 Å². The fourth-order valence-corrected chi connectivity index (χ4v) is 4.16. The molecule has 0 fully saturated rings. The summed E-state index contributed by atoms with van der Waals surface area (Å²) < 4.78 is 0. The summed E-state index contributed by atoms with van der Waals surface area (Å²) in [5, 5.41) is 7.18. The van der Waals surface area contributed by atoms with Crippen molar-refractivity contribution in [2.45, 2.75) is 0 Å². The molecule has 0 unspecified atom stereocenters. The topological polar surface area (TPSA) is 25.8 Å². The van der Waals surface area contributed by atoms with Gasteiger partial charge in [0.25, 0.3) is 0 Å². The Morgan fingerprint density at radius 1 is 0.500 bits per heavy atom. The van der Waals surface area contributed by atoms with Gasteiger partial charge in [0.15, 0.2) is 0 Å². The molecule has 2 aromatic heterocycles. The summed E-state index contributed by atoms with van der Waals surface area (Å²) in [6.07, 6.45) is 1.85. The lowest BCUT2D eigenvalue weighted by Gasteiger charge is -2.10. The third kappa shape index (κ3) is 2.21. The summed E-state index contributed by atoms with van der Waals surface area (Å²) in [6, 6.07) is 31.8. The quantitative estimate of drug-likeness (QED) is 0.304. The molecule has 0 aliphatic carbocycles. The van der Waals surface area contributed by atoms with Gasteiger partial charge in [0.1, 0.15) is 0 Å². The normalized spacial score (nSPS) is 11.6. The van der Waals surface area contributed by atoms with Crippen molar-refractivity contribution in [3.63, 3.8) is 0 Å². The molecule has 0 N–H and O–H groups in total. The summed E-state index contributed by atoms with van der Waals surface area (Å²) in [5.74, 6) is 0. The van der Waals surface area contributed by atoms with Crippen molar-refractivity contribution in [2.75, 3.05) is 0 Å². The first-order chi connectivity index (χ1) is 13.9. The highest BCUT2D eigenvalue weighted by Gasteiger charge is 2.10. The molecular weight excluding hydrogens is 340 g/mol. The van der Waals surface area contributed by atoms with Crippen molar-refractivity contribution in [3.05, 3.63) is 97.2 Å². The Morgan fingerprint density at radius 2 is 1.32 bits per heavy atom. The van der Waals surface area contributed by atoms with Gasteiger partial charge in [0, 0.05) is 27.9 Å². The first-order valence-electron chi connectivity index (χ1n) is 9.44. The van der Waals surface area contributed by atoms with Crippen LogP contribution in [-0.2, 0) is 0 Å². The van der Waals surface area contributed by atoms with E-state index in [9.17, 15) is 0 Å². The minimum atomic E-state index is 0.990. The van der Waals surface area contributed by atoms with Crippen LogP contribution in [-0.4, -0.2) is 9.97 Å². The molecule has 0 amide bonds. The van der Waals surface area contributed by atoms with Gasteiger partial charge >= 0.3 is 0 Å². The van der Waals surface area contributed by atoms with Crippen molar-refractivity contribution < 1.29 is 0 Å². The fourth-order valence-electron chi connectivity index (χ4n) is 4.16. The summed E-state index contributed by atoms with van der Waals surface area (Å²) in [4.78, 5) is 9.61. The van der Waals surface area contributed by atoms with E-state index in [1.807, 2.05) is 12.3 Å². The van der Waals surface area contributed by atoms with Crippen molar-refractivity contribution in [1.29, 1.82) is 0 Å². The van der Waals surface area contributed by atoms with Gasteiger partial charge in [-0.05, 0) is 34.4 Å². The maximum atomic E-state index is 5.01. The van der Waals surface area contributed by atoms with E-state index in [0.29, 0.717) is 0 Å². The second-order valence-corrected chi connectivity index (χ2v) is 7.09. The smallest absolute Gasteiger partial charge is 0.0780 e. The highest BCUT2D eigenvalue weighted by atomic mass is 14.7. The second-order valence-electron chi connectivity index (χ2n) is 7.09. The molecule has 4 aromatic carbocycles. The minimum Gasteiger partial charge on any atom is -0.256 e. The molecule has 2 heteroatoms. The number of benzene rings is 4. The highest BCUT2D eigenvalue weighted by Crippen LogP contribution is 2.33. The zero-order valence-corrected chi connectivity index (χ0v) is 15.1. The fraction of sp³-hybridized carbons (Fsp3) is 0. The van der Waals surface area contributed by atoms with Crippen LogP contribution in [0, 0.1) is 0 Å². The molecule has 0 radical (unpaired) electrons. The number of hydrogen-bond donors (Lipinski definition) is 0. The first kappa shape index (κ1) is 15.3. The van der Waals surface area contributed by atoms with Crippen LogP contribution in [0.15, 0.2) is 97.2 Å². The van der Waals surface area contributed by atoms with Crippen LogP contribution in [0.2, 0.25) is 0 Å². The van der Waals surface area contributed by atoms with Gasteiger partial charge < -0.3 is 0 Å². The van der Waals surface area contributed by atoms with Gasteiger partial charge in [-0.3, -0.25) is 4.98 Å². The van der Waals surface area contributed by atoms with Gasteiger partial charge in [-0.2, -0.15) is 0 Å². The van der Waals surface area contributed by atoms with Crippen LogP contribution < -0.4 is 0 Å². The number of pyridine rings is 2. The maximum Gasteiger partial charge on any atom is 0.0780 e. The van der Waals surface area contributed by atoms with E-state index in [4.69, 9.17) is 4.98 Å². The van der Waals surface area contributed by atoms with Gasteiger partial charge in [-0.25, -0.2) is 4.98 Å². The summed E-state index contributed by atoms with van der Waals surface area (Å²) in [5.41, 5.74) is 4.18. The molecule has 0 saturated carbocycles. The molecule has 0 aliphatic rings. The summed E-state index contributed by atoms with van der Waals surface area (Å²) >= 11 is 0. The van der Waals surface area contributed by atoms with E-state index in [1.54, 1.807) is 0 Å². The molecule has 0 spiro atoms. The molecule has 0 bridgehead atoms. The predicted molar refractivity (Wildman–Crippen MR) is 117 cm³/mol. The van der Waals surface area contributed by atoms with Gasteiger partial charge in [-0.15, -0.1) is 0 Å². The molecular formula is C26H16N2. The van der Waals surface area contributed by atoms with Crippen LogP contribution in [0.4, 0.5) is 0 Å². The standard InChI is InChI=1S/C26H16N2/c1-2-7-19-17(5-1)11-14-24-22(19)13-15-25(28-24)21-8-3-9-23-20(21)12-10-18-6-4-16-27-26(18)23/h1-16H. The number of nitrogens with zero attached hydrogens (tertiary/aromatic N) is 2. The first-order valence-corrected chi connectivity index (χ1v) is 9.44. The molecule has 28 heavy (non-hydrogen) atoms.